The van der Waals surface area contributed by atoms with E-state index >= 15 is 0 Å². The van der Waals surface area contributed by atoms with Crippen LogP contribution in [0.1, 0.15) is 30.4 Å². The minimum absolute atomic E-state index is 0.552. The molecule has 2 aromatic heterocycles. The van der Waals surface area contributed by atoms with E-state index < -0.39 is 0 Å². The van der Waals surface area contributed by atoms with Gasteiger partial charge in [-0.2, -0.15) is 5.10 Å². The summed E-state index contributed by atoms with van der Waals surface area (Å²) in [7, 11) is 0. The molecule has 0 saturated heterocycles. The Morgan fingerprint density at radius 2 is 1.95 bits per heavy atom. The van der Waals surface area contributed by atoms with Gasteiger partial charge in [-0.25, -0.2) is 0 Å². The molecule has 6 heteroatoms. The molecule has 0 unspecified atom stereocenters. The molecule has 5 nitrogen and oxygen atoms in total. The predicted octanol–water partition coefficient (Wildman–Crippen LogP) is 3.15. The smallest absolute Gasteiger partial charge is 0.159 e. The Morgan fingerprint density at radius 1 is 1.14 bits per heavy atom. The quantitative estimate of drug-likeness (QED) is 0.731. The van der Waals surface area contributed by atoms with E-state index in [0.29, 0.717) is 12.5 Å². The summed E-state index contributed by atoms with van der Waals surface area (Å²) < 4.78 is 5.01. The molecule has 1 fully saturated rings. The highest BCUT2D eigenvalue weighted by molar-refractivity contribution is 9.10. The molecule has 1 aliphatic rings. The summed E-state index contributed by atoms with van der Waals surface area (Å²) in [5.74, 6) is 2.54. The summed E-state index contributed by atoms with van der Waals surface area (Å²) in [4.78, 5) is 0. The van der Waals surface area contributed by atoms with Gasteiger partial charge in [-0.1, -0.05) is 18.2 Å². The maximum Gasteiger partial charge on any atom is 0.159 e. The maximum atomic E-state index is 4.42. The molecule has 0 amide bonds. The van der Waals surface area contributed by atoms with Crippen molar-refractivity contribution in [3.63, 3.8) is 0 Å². The second-order valence-corrected chi connectivity index (χ2v) is 6.19. The highest BCUT2D eigenvalue weighted by Crippen LogP contribution is 2.40. The third-order valence-corrected chi connectivity index (χ3v) is 4.03. The standard InChI is InChI=1S/C15H14BrN5/c16-12-8-17-20(9-12)10-14-18-19-15(11-6-7-11)21(14)13-4-2-1-3-5-13/h1-5,8-9,11H,6-7,10H2. The van der Waals surface area contributed by atoms with Gasteiger partial charge >= 0.3 is 0 Å². The Kier molecular flexibility index (Phi) is 3.11. The molecule has 0 radical (unpaired) electrons. The van der Waals surface area contributed by atoms with E-state index in [2.05, 4.69) is 47.9 Å². The van der Waals surface area contributed by atoms with E-state index in [4.69, 9.17) is 0 Å². The first-order chi connectivity index (χ1) is 10.3. The molecule has 1 saturated carbocycles. The lowest BCUT2D eigenvalue weighted by Crippen LogP contribution is -2.09. The Morgan fingerprint density at radius 3 is 2.62 bits per heavy atom. The fourth-order valence-electron chi connectivity index (χ4n) is 2.47. The van der Waals surface area contributed by atoms with Gasteiger partial charge < -0.3 is 0 Å². The molecular weight excluding hydrogens is 330 g/mol. The molecule has 0 N–H and O–H groups in total. The van der Waals surface area contributed by atoms with Crippen molar-refractivity contribution in [1.82, 2.24) is 24.5 Å². The molecule has 106 valence electrons. The van der Waals surface area contributed by atoms with Crippen molar-refractivity contribution in [1.29, 1.82) is 0 Å². The van der Waals surface area contributed by atoms with Crippen LogP contribution in [0.2, 0.25) is 0 Å². The van der Waals surface area contributed by atoms with E-state index in [1.807, 2.05) is 29.1 Å². The Hall–Kier alpha value is -1.95. The van der Waals surface area contributed by atoms with Crippen molar-refractivity contribution in [2.45, 2.75) is 25.3 Å². The summed E-state index contributed by atoms with van der Waals surface area (Å²) >= 11 is 3.42. The van der Waals surface area contributed by atoms with Crippen LogP contribution in [0.25, 0.3) is 5.69 Å². The lowest BCUT2D eigenvalue weighted by Gasteiger charge is -2.10. The number of hydrogen-bond donors (Lipinski definition) is 0. The number of hydrogen-bond acceptors (Lipinski definition) is 3. The summed E-state index contributed by atoms with van der Waals surface area (Å²) in [5, 5.41) is 13.1. The lowest BCUT2D eigenvalue weighted by atomic mass is 10.3. The van der Waals surface area contributed by atoms with Gasteiger partial charge in [0.25, 0.3) is 0 Å². The van der Waals surface area contributed by atoms with E-state index in [1.165, 1.54) is 12.8 Å². The topological polar surface area (TPSA) is 48.5 Å². The van der Waals surface area contributed by atoms with Gasteiger partial charge in [0.05, 0.1) is 10.7 Å². The van der Waals surface area contributed by atoms with Gasteiger partial charge in [0.15, 0.2) is 5.82 Å². The van der Waals surface area contributed by atoms with Crippen LogP contribution >= 0.6 is 15.9 Å². The average molecular weight is 344 g/mol. The molecule has 0 bridgehead atoms. The molecule has 3 aromatic rings. The van der Waals surface area contributed by atoms with Crippen LogP contribution < -0.4 is 0 Å². The van der Waals surface area contributed by atoms with E-state index in [-0.39, 0.29) is 0 Å². The molecule has 0 atom stereocenters. The fourth-order valence-corrected chi connectivity index (χ4v) is 2.79. The lowest BCUT2D eigenvalue weighted by molar-refractivity contribution is 0.641. The van der Waals surface area contributed by atoms with Crippen molar-refractivity contribution in [2.75, 3.05) is 0 Å². The second kappa shape index (κ2) is 5.11. The van der Waals surface area contributed by atoms with Gasteiger partial charge in [0.2, 0.25) is 0 Å². The summed E-state index contributed by atoms with van der Waals surface area (Å²) in [6.07, 6.45) is 6.14. The normalized spacial score (nSPS) is 14.5. The summed E-state index contributed by atoms with van der Waals surface area (Å²) in [6, 6.07) is 10.3. The highest BCUT2D eigenvalue weighted by atomic mass is 79.9. The first-order valence-electron chi connectivity index (χ1n) is 6.99. The maximum absolute atomic E-state index is 4.42. The molecule has 4 rings (SSSR count). The van der Waals surface area contributed by atoms with E-state index in [9.17, 15) is 0 Å². The number of benzene rings is 1. The molecule has 21 heavy (non-hydrogen) atoms. The van der Waals surface area contributed by atoms with Crippen molar-refractivity contribution in [3.05, 3.63) is 58.8 Å². The number of aromatic nitrogens is 5. The third kappa shape index (κ3) is 2.51. The predicted molar refractivity (Wildman–Crippen MR) is 82.4 cm³/mol. The minimum Gasteiger partial charge on any atom is -0.281 e. The van der Waals surface area contributed by atoms with Crippen molar-refractivity contribution >= 4 is 15.9 Å². The van der Waals surface area contributed by atoms with Gasteiger partial charge in [-0.15, -0.1) is 10.2 Å². The molecule has 1 aliphatic carbocycles. The summed E-state index contributed by atoms with van der Waals surface area (Å²) in [6.45, 7) is 0.611. The molecule has 1 aromatic carbocycles. The molecule has 2 heterocycles. The molecule has 0 spiro atoms. The SMILES string of the molecule is Brc1cnn(Cc2nnc(C3CC3)n2-c2ccccc2)c1. The van der Waals surface area contributed by atoms with E-state index in [1.54, 1.807) is 6.20 Å². The van der Waals surface area contributed by atoms with Crippen LogP contribution in [-0.4, -0.2) is 24.5 Å². The molecule has 0 aliphatic heterocycles. The highest BCUT2D eigenvalue weighted by Gasteiger charge is 2.30. The monoisotopic (exact) mass is 343 g/mol. The van der Waals surface area contributed by atoms with Gasteiger partial charge in [-0.3, -0.25) is 9.25 Å². The van der Waals surface area contributed by atoms with Crippen LogP contribution in [0, 0.1) is 0 Å². The number of nitrogens with zero attached hydrogens (tertiary/aromatic N) is 5. The van der Waals surface area contributed by atoms with Gasteiger partial charge in [-0.05, 0) is 40.9 Å². The zero-order valence-corrected chi connectivity index (χ0v) is 12.9. The van der Waals surface area contributed by atoms with Gasteiger partial charge in [0, 0.05) is 17.8 Å². The number of halogens is 1. The van der Waals surface area contributed by atoms with E-state index in [0.717, 1.165) is 21.8 Å². The van der Waals surface area contributed by atoms with Crippen LogP contribution in [0.4, 0.5) is 0 Å². The first kappa shape index (κ1) is 12.8. The van der Waals surface area contributed by atoms with Crippen LogP contribution in [0.3, 0.4) is 0 Å². The third-order valence-electron chi connectivity index (χ3n) is 3.62. The zero-order chi connectivity index (χ0) is 14.2. The largest absolute Gasteiger partial charge is 0.281 e. The zero-order valence-electron chi connectivity index (χ0n) is 11.4. The summed E-state index contributed by atoms with van der Waals surface area (Å²) in [5.41, 5.74) is 1.12. The number of para-hydroxylation sites is 1. The van der Waals surface area contributed by atoms with Crippen molar-refractivity contribution < 1.29 is 0 Å². The fraction of sp³-hybridized carbons (Fsp3) is 0.267. The minimum atomic E-state index is 0.552. The Labute approximate surface area is 130 Å². The van der Waals surface area contributed by atoms with Crippen molar-refractivity contribution in [3.8, 4) is 5.69 Å². The average Bonchev–Trinajstić information content (AvgIpc) is 3.15. The second-order valence-electron chi connectivity index (χ2n) is 5.28. The van der Waals surface area contributed by atoms with Gasteiger partial charge in [0.1, 0.15) is 12.4 Å². The van der Waals surface area contributed by atoms with Crippen LogP contribution in [0.5, 0.6) is 0 Å². The van der Waals surface area contributed by atoms with Crippen molar-refractivity contribution in [2.24, 2.45) is 0 Å². The molecular formula is C15H14BrN5. The Balaban J connectivity index is 1.76. The first-order valence-corrected chi connectivity index (χ1v) is 7.78. The van der Waals surface area contributed by atoms with Crippen LogP contribution in [-0.2, 0) is 6.54 Å². The number of rotatable bonds is 4. The Bertz CT molecular complexity index is 757. The van der Waals surface area contributed by atoms with Crippen LogP contribution in [0.15, 0.2) is 47.2 Å².